The highest BCUT2D eigenvalue weighted by Crippen LogP contribution is 2.32. The standard InChI is InChI=1S/C14H14F3N3O2S/c15-14(16,17)9-1-2-11-10(7-9)20(13(22)23-11)8-12(21)19-5-3-18-4-6-19/h1-2,7,18H,3-6,8H2. The van der Waals surface area contributed by atoms with E-state index in [1.807, 2.05) is 0 Å². The van der Waals surface area contributed by atoms with Crippen LogP contribution in [-0.2, 0) is 17.5 Å². The molecule has 2 heterocycles. The number of nitrogens with zero attached hydrogens (tertiary/aromatic N) is 2. The quantitative estimate of drug-likeness (QED) is 0.898. The number of carbonyl (C=O) groups excluding carboxylic acids is 1. The molecule has 0 saturated carbocycles. The van der Waals surface area contributed by atoms with E-state index in [0.717, 1.165) is 28.0 Å². The number of amides is 1. The van der Waals surface area contributed by atoms with E-state index in [1.165, 1.54) is 6.07 Å². The Morgan fingerprint density at radius 3 is 2.61 bits per heavy atom. The lowest BCUT2D eigenvalue weighted by Gasteiger charge is -2.27. The molecule has 3 rings (SSSR count). The predicted molar refractivity (Wildman–Crippen MR) is 80.5 cm³/mol. The van der Waals surface area contributed by atoms with Gasteiger partial charge in [-0.15, -0.1) is 0 Å². The van der Waals surface area contributed by atoms with E-state index < -0.39 is 16.6 Å². The van der Waals surface area contributed by atoms with Gasteiger partial charge in [0.15, 0.2) is 0 Å². The molecule has 2 aromatic rings. The molecule has 9 heteroatoms. The minimum Gasteiger partial charge on any atom is -0.339 e. The summed E-state index contributed by atoms with van der Waals surface area (Å²) in [6, 6.07) is 3.15. The van der Waals surface area contributed by atoms with Crippen molar-refractivity contribution in [2.45, 2.75) is 12.7 Å². The maximum Gasteiger partial charge on any atom is 0.416 e. The van der Waals surface area contributed by atoms with E-state index in [4.69, 9.17) is 0 Å². The smallest absolute Gasteiger partial charge is 0.339 e. The number of hydrogen-bond acceptors (Lipinski definition) is 4. The van der Waals surface area contributed by atoms with Crippen molar-refractivity contribution in [3.63, 3.8) is 0 Å². The molecule has 1 aliphatic heterocycles. The van der Waals surface area contributed by atoms with Crippen molar-refractivity contribution in [3.05, 3.63) is 33.4 Å². The van der Waals surface area contributed by atoms with Gasteiger partial charge in [-0.3, -0.25) is 14.2 Å². The molecule has 1 saturated heterocycles. The third-order valence-electron chi connectivity index (χ3n) is 3.76. The molecule has 124 valence electrons. The van der Waals surface area contributed by atoms with Crippen LogP contribution in [0.15, 0.2) is 23.0 Å². The van der Waals surface area contributed by atoms with Crippen LogP contribution < -0.4 is 10.2 Å². The largest absolute Gasteiger partial charge is 0.416 e. The first-order valence-corrected chi connectivity index (χ1v) is 7.87. The fourth-order valence-corrected chi connectivity index (χ4v) is 3.41. The number of thiazole rings is 1. The molecule has 0 radical (unpaired) electrons. The molecule has 0 aliphatic carbocycles. The maximum atomic E-state index is 12.8. The summed E-state index contributed by atoms with van der Waals surface area (Å²) in [5.74, 6) is -0.259. The highest BCUT2D eigenvalue weighted by Gasteiger charge is 2.31. The second-order valence-electron chi connectivity index (χ2n) is 5.27. The van der Waals surface area contributed by atoms with Crippen molar-refractivity contribution in [2.24, 2.45) is 0 Å². The summed E-state index contributed by atoms with van der Waals surface area (Å²) in [5, 5.41) is 3.11. The molecule has 0 atom stereocenters. The summed E-state index contributed by atoms with van der Waals surface area (Å²) in [5.41, 5.74) is -0.676. The highest BCUT2D eigenvalue weighted by molar-refractivity contribution is 7.16. The Bertz CT molecular complexity index is 791. The topological polar surface area (TPSA) is 54.3 Å². The molecule has 1 N–H and O–H groups in total. The number of piperazine rings is 1. The van der Waals surface area contributed by atoms with E-state index in [2.05, 4.69) is 5.32 Å². The molecular formula is C14H14F3N3O2S. The number of alkyl halides is 3. The van der Waals surface area contributed by atoms with Crippen LogP contribution in [0, 0.1) is 0 Å². The van der Waals surface area contributed by atoms with Gasteiger partial charge in [-0.1, -0.05) is 11.3 Å². The van der Waals surface area contributed by atoms with Gasteiger partial charge in [-0.2, -0.15) is 13.2 Å². The molecule has 1 fully saturated rings. The Kier molecular flexibility index (Phi) is 4.15. The van der Waals surface area contributed by atoms with Gasteiger partial charge >= 0.3 is 11.0 Å². The minimum absolute atomic E-state index is 0.151. The van der Waals surface area contributed by atoms with Crippen molar-refractivity contribution >= 4 is 27.5 Å². The molecule has 0 spiro atoms. The Morgan fingerprint density at radius 2 is 1.96 bits per heavy atom. The molecule has 0 unspecified atom stereocenters. The van der Waals surface area contributed by atoms with Crippen LogP contribution >= 0.6 is 11.3 Å². The Morgan fingerprint density at radius 1 is 1.26 bits per heavy atom. The van der Waals surface area contributed by atoms with Crippen LogP contribution in [0.1, 0.15) is 5.56 Å². The number of halogens is 3. The number of rotatable bonds is 2. The average Bonchev–Trinajstić information content (AvgIpc) is 2.82. The van der Waals surface area contributed by atoms with Crippen molar-refractivity contribution in [2.75, 3.05) is 26.2 Å². The summed E-state index contributed by atoms with van der Waals surface area (Å²) in [6.07, 6.45) is -4.49. The lowest BCUT2D eigenvalue weighted by molar-refractivity contribution is -0.137. The molecule has 1 aromatic carbocycles. The number of hydrogen-bond donors (Lipinski definition) is 1. The van der Waals surface area contributed by atoms with E-state index in [1.54, 1.807) is 4.90 Å². The van der Waals surface area contributed by atoms with Crippen LogP contribution in [0.2, 0.25) is 0 Å². The van der Waals surface area contributed by atoms with Gasteiger partial charge in [0.1, 0.15) is 6.54 Å². The average molecular weight is 345 g/mol. The number of benzene rings is 1. The molecule has 1 aliphatic rings. The van der Waals surface area contributed by atoms with E-state index in [9.17, 15) is 22.8 Å². The van der Waals surface area contributed by atoms with Crippen LogP contribution in [0.5, 0.6) is 0 Å². The fourth-order valence-electron chi connectivity index (χ4n) is 2.54. The zero-order valence-electron chi connectivity index (χ0n) is 12.0. The lowest BCUT2D eigenvalue weighted by atomic mass is 10.2. The summed E-state index contributed by atoms with van der Waals surface area (Å²) in [6.45, 7) is 2.17. The van der Waals surface area contributed by atoms with Gasteiger partial charge in [0.25, 0.3) is 0 Å². The van der Waals surface area contributed by atoms with Crippen LogP contribution in [0.3, 0.4) is 0 Å². The monoisotopic (exact) mass is 345 g/mol. The highest BCUT2D eigenvalue weighted by atomic mass is 32.1. The van der Waals surface area contributed by atoms with E-state index in [-0.39, 0.29) is 18.0 Å². The van der Waals surface area contributed by atoms with E-state index >= 15 is 0 Å². The molecule has 1 amide bonds. The van der Waals surface area contributed by atoms with E-state index in [0.29, 0.717) is 30.9 Å². The number of fused-ring (bicyclic) bond motifs is 1. The molecular weight excluding hydrogens is 331 g/mol. The van der Waals surface area contributed by atoms with Crippen molar-refractivity contribution in [3.8, 4) is 0 Å². The molecule has 1 aromatic heterocycles. The summed E-state index contributed by atoms with van der Waals surface area (Å²) < 4.78 is 40.1. The first kappa shape index (κ1) is 16.0. The van der Waals surface area contributed by atoms with Crippen molar-refractivity contribution < 1.29 is 18.0 Å². The van der Waals surface area contributed by atoms with Crippen molar-refractivity contribution in [1.29, 1.82) is 0 Å². The zero-order valence-corrected chi connectivity index (χ0v) is 12.8. The lowest BCUT2D eigenvalue weighted by Crippen LogP contribution is -2.47. The van der Waals surface area contributed by atoms with Gasteiger partial charge in [-0.25, -0.2) is 0 Å². The van der Waals surface area contributed by atoms with Gasteiger partial charge in [-0.05, 0) is 18.2 Å². The van der Waals surface area contributed by atoms with Crippen LogP contribution in [0.25, 0.3) is 10.2 Å². The number of aromatic nitrogens is 1. The summed E-state index contributed by atoms with van der Waals surface area (Å²) >= 11 is 0.844. The van der Waals surface area contributed by atoms with Gasteiger partial charge in [0.05, 0.1) is 15.8 Å². The van der Waals surface area contributed by atoms with Crippen LogP contribution in [0.4, 0.5) is 13.2 Å². The van der Waals surface area contributed by atoms with Crippen molar-refractivity contribution in [1.82, 2.24) is 14.8 Å². The normalized spacial score (nSPS) is 16.0. The SMILES string of the molecule is O=C(Cn1c(=O)sc2ccc(C(F)(F)F)cc21)N1CCNCC1. The van der Waals surface area contributed by atoms with Gasteiger partial charge in [0.2, 0.25) is 5.91 Å². The minimum atomic E-state index is -4.49. The Balaban J connectivity index is 1.94. The Labute approximate surface area is 133 Å². The van der Waals surface area contributed by atoms with Gasteiger partial charge in [0, 0.05) is 26.2 Å². The zero-order chi connectivity index (χ0) is 16.6. The first-order chi connectivity index (χ1) is 10.9. The van der Waals surface area contributed by atoms with Crippen LogP contribution in [-0.4, -0.2) is 41.6 Å². The second-order valence-corrected chi connectivity index (χ2v) is 6.26. The third-order valence-corrected chi connectivity index (χ3v) is 4.72. The predicted octanol–water partition coefficient (Wildman–Crippen LogP) is 1.51. The first-order valence-electron chi connectivity index (χ1n) is 7.05. The molecule has 5 nitrogen and oxygen atoms in total. The number of carbonyl (C=O) groups is 1. The fraction of sp³-hybridized carbons (Fsp3) is 0.429. The van der Waals surface area contributed by atoms with Gasteiger partial charge < -0.3 is 10.2 Å². The maximum absolute atomic E-state index is 12.8. The Hall–Kier alpha value is -1.87. The molecule has 0 bridgehead atoms. The molecule has 23 heavy (non-hydrogen) atoms. The number of nitrogens with one attached hydrogen (secondary N) is 1. The second kappa shape index (κ2) is 5.97. The summed E-state index contributed by atoms with van der Waals surface area (Å²) in [4.78, 5) is 25.5. The summed E-state index contributed by atoms with van der Waals surface area (Å²) in [7, 11) is 0. The third kappa shape index (κ3) is 3.25.